The first kappa shape index (κ1) is 25.6. The van der Waals surface area contributed by atoms with Crippen LogP contribution in [0, 0.1) is 0 Å². The van der Waals surface area contributed by atoms with E-state index in [2.05, 4.69) is 36.7 Å². The van der Waals surface area contributed by atoms with Crippen molar-refractivity contribution in [2.75, 3.05) is 41.7 Å². The van der Waals surface area contributed by atoms with E-state index in [0.717, 1.165) is 60.2 Å². The fourth-order valence-electron chi connectivity index (χ4n) is 4.43. The van der Waals surface area contributed by atoms with Crippen LogP contribution in [0.15, 0.2) is 84.9 Å². The molecule has 0 bridgehead atoms. The SMILES string of the molecule is O=C(Cc1ccccc1)Nc1cccc(CN2CCN(c3nnc(NC(=O)Cc4ccccc4)s3)CC2)c1. The highest BCUT2D eigenvalue weighted by Gasteiger charge is 2.21. The summed E-state index contributed by atoms with van der Waals surface area (Å²) < 4.78 is 0. The van der Waals surface area contributed by atoms with Crippen molar-refractivity contribution >= 4 is 39.1 Å². The number of anilines is 3. The Bertz CT molecular complexity index is 1350. The first-order valence-electron chi connectivity index (χ1n) is 12.7. The number of hydrogen-bond donors (Lipinski definition) is 2. The predicted molar refractivity (Wildman–Crippen MR) is 151 cm³/mol. The van der Waals surface area contributed by atoms with Gasteiger partial charge in [0.25, 0.3) is 0 Å². The van der Waals surface area contributed by atoms with E-state index in [4.69, 9.17) is 0 Å². The normalized spacial score (nSPS) is 13.7. The van der Waals surface area contributed by atoms with Crippen LogP contribution in [-0.4, -0.2) is 53.1 Å². The molecule has 194 valence electrons. The average Bonchev–Trinajstić information content (AvgIpc) is 3.38. The molecule has 0 unspecified atom stereocenters. The van der Waals surface area contributed by atoms with Crippen LogP contribution in [0.3, 0.4) is 0 Å². The van der Waals surface area contributed by atoms with Crippen LogP contribution < -0.4 is 15.5 Å². The number of hydrogen-bond acceptors (Lipinski definition) is 7. The highest BCUT2D eigenvalue weighted by molar-refractivity contribution is 7.19. The molecule has 0 saturated carbocycles. The Kier molecular flexibility index (Phi) is 8.37. The topological polar surface area (TPSA) is 90.5 Å². The summed E-state index contributed by atoms with van der Waals surface area (Å²) in [5, 5.41) is 15.7. The van der Waals surface area contributed by atoms with Crippen molar-refractivity contribution in [2.45, 2.75) is 19.4 Å². The molecule has 0 radical (unpaired) electrons. The Morgan fingerprint density at radius 3 is 1.97 bits per heavy atom. The quantitative estimate of drug-likeness (QED) is 0.339. The molecular weight excluding hydrogens is 496 g/mol. The van der Waals surface area contributed by atoms with Crippen molar-refractivity contribution in [3.8, 4) is 0 Å². The van der Waals surface area contributed by atoms with Gasteiger partial charge in [0.2, 0.25) is 22.1 Å². The number of amides is 2. The summed E-state index contributed by atoms with van der Waals surface area (Å²) in [7, 11) is 0. The molecule has 0 aliphatic carbocycles. The third-order valence-corrected chi connectivity index (χ3v) is 7.23. The lowest BCUT2D eigenvalue weighted by atomic mass is 10.1. The van der Waals surface area contributed by atoms with Crippen molar-refractivity contribution in [2.24, 2.45) is 0 Å². The van der Waals surface area contributed by atoms with Crippen molar-refractivity contribution < 1.29 is 9.59 Å². The van der Waals surface area contributed by atoms with Crippen LogP contribution >= 0.6 is 11.3 Å². The van der Waals surface area contributed by atoms with Crippen LogP contribution in [0.2, 0.25) is 0 Å². The Morgan fingerprint density at radius 2 is 1.32 bits per heavy atom. The Morgan fingerprint density at radius 1 is 0.711 bits per heavy atom. The van der Waals surface area contributed by atoms with Gasteiger partial charge in [-0.05, 0) is 28.8 Å². The molecule has 8 nitrogen and oxygen atoms in total. The van der Waals surface area contributed by atoms with E-state index in [9.17, 15) is 9.59 Å². The second-order valence-electron chi connectivity index (χ2n) is 9.27. The molecule has 2 N–H and O–H groups in total. The summed E-state index contributed by atoms with van der Waals surface area (Å²) in [6.07, 6.45) is 0.670. The summed E-state index contributed by atoms with van der Waals surface area (Å²) in [5.41, 5.74) is 3.94. The lowest BCUT2D eigenvalue weighted by Crippen LogP contribution is -2.45. The molecule has 0 spiro atoms. The molecule has 0 atom stereocenters. The summed E-state index contributed by atoms with van der Waals surface area (Å²) in [6.45, 7) is 4.26. The molecule has 2 heterocycles. The van der Waals surface area contributed by atoms with Gasteiger partial charge < -0.3 is 15.5 Å². The van der Waals surface area contributed by atoms with Gasteiger partial charge >= 0.3 is 0 Å². The van der Waals surface area contributed by atoms with Gasteiger partial charge in [0.05, 0.1) is 12.8 Å². The summed E-state index contributed by atoms with van der Waals surface area (Å²) in [4.78, 5) is 29.4. The smallest absolute Gasteiger partial charge is 0.230 e. The van der Waals surface area contributed by atoms with Gasteiger partial charge in [0, 0.05) is 38.4 Å². The minimum absolute atomic E-state index is 0.0188. The molecule has 1 aromatic heterocycles. The summed E-state index contributed by atoms with van der Waals surface area (Å²) in [6, 6.07) is 27.4. The van der Waals surface area contributed by atoms with Crippen molar-refractivity contribution in [3.63, 3.8) is 0 Å². The zero-order valence-corrected chi connectivity index (χ0v) is 21.9. The van der Waals surface area contributed by atoms with E-state index in [0.29, 0.717) is 18.0 Å². The third kappa shape index (κ3) is 7.24. The van der Waals surface area contributed by atoms with E-state index in [1.807, 2.05) is 78.9 Å². The number of carbonyl (C=O) groups is 2. The maximum absolute atomic E-state index is 12.4. The maximum Gasteiger partial charge on any atom is 0.230 e. The van der Waals surface area contributed by atoms with Crippen molar-refractivity contribution in [1.29, 1.82) is 0 Å². The van der Waals surface area contributed by atoms with Gasteiger partial charge in [-0.15, -0.1) is 10.2 Å². The molecule has 9 heteroatoms. The van der Waals surface area contributed by atoms with Gasteiger partial charge in [-0.1, -0.05) is 84.1 Å². The van der Waals surface area contributed by atoms with E-state index in [-0.39, 0.29) is 11.8 Å². The lowest BCUT2D eigenvalue weighted by molar-refractivity contribution is -0.116. The number of aromatic nitrogens is 2. The second kappa shape index (κ2) is 12.4. The molecule has 3 aromatic carbocycles. The molecule has 5 rings (SSSR count). The molecule has 1 fully saturated rings. The monoisotopic (exact) mass is 526 g/mol. The number of carbonyl (C=O) groups excluding carboxylic acids is 2. The fraction of sp³-hybridized carbons (Fsp3) is 0.241. The van der Waals surface area contributed by atoms with E-state index >= 15 is 0 Å². The first-order valence-corrected chi connectivity index (χ1v) is 13.5. The average molecular weight is 527 g/mol. The minimum atomic E-state index is -0.0952. The number of piperazine rings is 1. The van der Waals surface area contributed by atoms with Gasteiger partial charge in [0.1, 0.15) is 0 Å². The summed E-state index contributed by atoms with van der Waals surface area (Å²) in [5.74, 6) is -0.114. The molecule has 38 heavy (non-hydrogen) atoms. The Balaban J connectivity index is 1.08. The van der Waals surface area contributed by atoms with Crippen LogP contribution in [0.5, 0.6) is 0 Å². The second-order valence-corrected chi connectivity index (χ2v) is 10.2. The Hall–Kier alpha value is -4.08. The highest BCUT2D eigenvalue weighted by Crippen LogP contribution is 2.25. The number of benzene rings is 3. The molecular formula is C29H30N6O2S. The number of rotatable bonds is 9. The van der Waals surface area contributed by atoms with Crippen molar-refractivity contribution in [1.82, 2.24) is 15.1 Å². The largest absolute Gasteiger partial charge is 0.344 e. The predicted octanol–water partition coefficient (Wildman–Crippen LogP) is 4.22. The highest BCUT2D eigenvalue weighted by atomic mass is 32.1. The minimum Gasteiger partial charge on any atom is -0.344 e. The molecule has 4 aromatic rings. The number of nitrogens with one attached hydrogen (secondary N) is 2. The number of nitrogens with zero attached hydrogens (tertiary/aromatic N) is 4. The van der Waals surface area contributed by atoms with Gasteiger partial charge in [-0.2, -0.15) is 0 Å². The van der Waals surface area contributed by atoms with E-state index in [1.54, 1.807) is 0 Å². The van der Waals surface area contributed by atoms with E-state index in [1.165, 1.54) is 11.3 Å². The fourth-order valence-corrected chi connectivity index (χ4v) is 5.24. The molecule has 1 saturated heterocycles. The van der Waals surface area contributed by atoms with E-state index < -0.39 is 0 Å². The zero-order valence-electron chi connectivity index (χ0n) is 21.0. The van der Waals surface area contributed by atoms with Crippen molar-refractivity contribution in [3.05, 3.63) is 102 Å². The van der Waals surface area contributed by atoms with Gasteiger partial charge in [0.15, 0.2) is 0 Å². The Labute approximate surface area is 226 Å². The van der Waals surface area contributed by atoms with Gasteiger partial charge in [-0.25, -0.2) is 0 Å². The zero-order chi connectivity index (χ0) is 26.2. The summed E-state index contributed by atoms with van der Waals surface area (Å²) >= 11 is 1.40. The third-order valence-electron chi connectivity index (χ3n) is 6.34. The lowest BCUT2D eigenvalue weighted by Gasteiger charge is -2.34. The maximum atomic E-state index is 12.4. The molecule has 1 aliphatic rings. The van der Waals surface area contributed by atoms with Crippen LogP contribution in [0.25, 0.3) is 0 Å². The first-order chi connectivity index (χ1) is 18.6. The van der Waals surface area contributed by atoms with Crippen LogP contribution in [0.4, 0.5) is 16.0 Å². The van der Waals surface area contributed by atoms with Crippen LogP contribution in [-0.2, 0) is 29.0 Å². The molecule has 2 amide bonds. The molecule has 1 aliphatic heterocycles. The van der Waals surface area contributed by atoms with Crippen LogP contribution in [0.1, 0.15) is 16.7 Å². The van der Waals surface area contributed by atoms with Gasteiger partial charge in [-0.3, -0.25) is 14.5 Å². The standard InChI is InChI=1S/C29H30N6O2S/c36-26(19-22-8-3-1-4-9-22)30-25-13-7-12-24(18-25)21-34-14-16-35(17-15-34)29-33-32-28(38-29)31-27(37)20-23-10-5-2-6-11-23/h1-13,18H,14-17,19-21H2,(H,30,36)(H,31,32,37).